The minimum atomic E-state index is -1.13. The summed E-state index contributed by atoms with van der Waals surface area (Å²) in [7, 11) is 0. The van der Waals surface area contributed by atoms with E-state index >= 15 is 0 Å². The van der Waals surface area contributed by atoms with Crippen molar-refractivity contribution in [1.29, 1.82) is 0 Å². The van der Waals surface area contributed by atoms with Gasteiger partial charge in [-0.05, 0) is 55.8 Å². The maximum absolute atomic E-state index is 12.8. The topological polar surface area (TPSA) is 151 Å². The molecule has 0 saturated carbocycles. The normalized spacial score (nSPS) is 14.4. The van der Waals surface area contributed by atoms with E-state index in [9.17, 15) is 24.3 Å². The first-order chi connectivity index (χ1) is 15.7. The van der Waals surface area contributed by atoms with Crippen LogP contribution in [0.15, 0.2) is 30.3 Å². The number of carbonyl (C=O) groups excluding carboxylic acids is 3. The van der Waals surface area contributed by atoms with Crippen LogP contribution in [0, 0.1) is 0 Å². The fourth-order valence-corrected chi connectivity index (χ4v) is 3.86. The maximum atomic E-state index is 12.8. The summed E-state index contributed by atoms with van der Waals surface area (Å²) in [6.45, 7) is 1.47. The zero-order valence-electron chi connectivity index (χ0n) is 19.2. The molecule has 1 aromatic rings. The predicted molar refractivity (Wildman–Crippen MR) is 133 cm³/mol. The lowest BCUT2D eigenvalue weighted by molar-refractivity contribution is -0.142. The molecule has 0 heterocycles. The fourth-order valence-electron chi connectivity index (χ4n) is 2.91. The van der Waals surface area contributed by atoms with E-state index in [2.05, 4.69) is 16.0 Å². The second kappa shape index (κ2) is 15.6. The molecule has 0 saturated heterocycles. The number of hydrogen-bond acceptors (Lipinski definition) is 7. The quantitative estimate of drug-likeness (QED) is 0.236. The number of carbonyl (C=O) groups is 4. The highest BCUT2D eigenvalue weighted by Crippen LogP contribution is 2.06. The Balaban J connectivity index is 2.71. The lowest BCUT2D eigenvalue weighted by Gasteiger charge is -2.23. The molecular weight excluding hydrogens is 464 g/mol. The first-order valence-corrected chi connectivity index (χ1v) is 13.4. The highest BCUT2D eigenvalue weighted by atomic mass is 32.2. The van der Waals surface area contributed by atoms with Crippen molar-refractivity contribution >= 4 is 47.2 Å². The highest BCUT2D eigenvalue weighted by molar-refractivity contribution is 7.98. The second-order valence-corrected chi connectivity index (χ2v) is 9.52. The second-order valence-electron chi connectivity index (χ2n) is 7.55. The van der Waals surface area contributed by atoms with Crippen molar-refractivity contribution in [2.75, 3.05) is 24.0 Å². The molecule has 3 amide bonds. The van der Waals surface area contributed by atoms with Crippen LogP contribution in [0.5, 0.6) is 0 Å². The van der Waals surface area contributed by atoms with E-state index < -0.39 is 47.9 Å². The van der Waals surface area contributed by atoms with Gasteiger partial charge in [0.1, 0.15) is 18.1 Å². The molecule has 0 bridgehead atoms. The standard InChI is InChI=1S/C22H34N4O5S2/c1-14(19(27)26-18(22(30)31)10-12-33-3)24-21(29)17(9-11-32-2)25-20(28)16(23)13-15-7-5-4-6-8-15/h4-8,14,16-18H,9-13,23H2,1-3H3,(H,24,29)(H,25,28)(H,26,27)(H,30,31). The van der Waals surface area contributed by atoms with E-state index in [1.807, 2.05) is 42.8 Å². The Morgan fingerprint density at radius 1 is 0.879 bits per heavy atom. The molecule has 9 nitrogen and oxygen atoms in total. The van der Waals surface area contributed by atoms with E-state index in [0.717, 1.165) is 5.56 Å². The van der Waals surface area contributed by atoms with Crippen molar-refractivity contribution in [3.63, 3.8) is 0 Å². The first-order valence-electron chi connectivity index (χ1n) is 10.6. The molecule has 4 unspecified atom stereocenters. The smallest absolute Gasteiger partial charge is 0.326 e. The molecule has 184 valence electrons. The maximum Gasteiger partial charge on any atom is 0.326 e. The molecule has 0 aliphatic carbocycles. The predicted octanol–water partition coefficient (Wildman–Crippen LogP) is 0.622. The third-order valence-corrected chi connectivity index (χ3v) is 6.14. The SMILES string of the molecule is CSCCC(NC(=O)C(C)NC(=O)C(CCSC)NC(=O)C(N)Cc1ccccc1)C(=O)O. The molecule has 0 radical (unpaired) electrons. The minimum absolute atomic E-state index is 0.272. The number of hydrogen-bond donors (Lipinski definition) is 5. The molecular formula is C22H34N4O5S2. The van der Waals surface area contributed by atoms with Gasteiger partial charge in [-0.25, -0.2) is 4.79 Å². The van der Waals surface area contributed by atoms with Gasteiger partial charge in [0, 0.05) is 0 Å². The molecule has 4 atom stereocenters. The van der Waals surface area contributed by atoms with Gasteiger partial charge in [-0.3, -0.25) is 14.4 Å². The summed E-state index contributed by atoms with van der Waals surface area (Å²) in [5.41, 5.74) is 6.94. The zero-order valence-corrected chi connectivity index (χ0v) is 20.8. The lowest BCUT2D eigenvalue weighted by Crippen LogP contribution is -2.56. The van der Waals surface area contributed by atoms with Crippen LogP contribution >= 0.6 is 23.5 Å². The van der Waals surface area contributed by atoms with Crippen LogP contribution in [0.3, 0.4) is 0 Å². The molecule has 0 aliphatic rings. The Bertz CT molecular complexity index is 781. The van der Waals surface area contributed by atoms with Gasteiger partial charge in [0.15, 0.2) is 0 Å². The Morgan fingerprint density at radius 3 is 1.97 bits per heavy atom. The van der Waals surface area contributed by atoms with Gasteiger partial charge >= 0.3 is 5.97 Å². The van der Waals surface area contributed by atoms with E-state index in [1.165, 1.54) is 30.4 Å². The van der Waals surface area contributed by atoms with E-state index in [-0.39, 0.29) is 6.42 Å². The number of rotatable bonds is 15. The van der Waals surface area contributed by atoms with Crippen LogP contribution in [0.25, 0.3) is 0 Å². The van der Waals surface area contributed by atoms with Crippen molar-refractivity contribution in [3.8, 4) is 0 Å². The summed E-state index contributed by atoms with van der Waals surface area (Å²) < 4.78 is 0. The van der Waals surface area contributed by atoms with Crippen LogP contribution in [0.4, 0.5) is 0 Å². The first kappa shape index (κ1) is 28.8. The Hall–Kier alpha value is -2.24. The van der Waals surface area contributed by atoms with E-state index in [0.29, 0.717) is 24.3 Å². The van der Waals surface area contributed by atoms with Crippen LogP contribution in [-0.4, -0.2) is 77.0 Å². The van der Waals surface area contributed by atoms with Crippen LogP contribution in [0.2, 0.25) is 0 Å². The molecule has 0 aromatic heterocycles. The van der Waals surface area contributed by atoms with Gasteiger partial charge in [0.2, 0.25) is 17.7 Å². The molecule has 11 heteroatoms. The number of aliphatic carboxylic acids is 1. The number of nitrogens with two attached hydrogens (primary N) is 1. The monoisotopic (exact) mass is 498 g/mol. The van der Waals surface area contributed by atoms with Crippen molar-refractivity contribution in [1.82, 2.24) is 16.0 Å². The van der Waals surface area contributed by atoms with E-state index in [4.69, 9.17) is 5.73 Å². The number of amides is 3. The van der Waals surface area contributed by atoms with Crippen LogP contribution in [0.1, 0.15) is 25.3 Å². The number of carboxylic acid groups (broad SMARTS) is 1. The van der Waals surface area contributed by atoms with E-state index in [1.54, 1.807) is 0 Å². The number of benzene rings is 1. The highest BCUT2D eigenvalue weighted by Gasteiger charge is 2.28. The third kappa shape index (κ3) is 11.0. The van der Waals surface area contributed by atoms with Crippen molar-refractivity contribution < 1.29 is 24.3 Å². The summed E-state index contributed by atoms with van der Waals surface area (Å²) >= 11 is 3.00. The Kier molecular flexibility index (Phi) is 13.6. The van der Waals surface area contributed by atoms with Gasteiger partial charge in [-0.1, -0.05) is 30.3 Å². The van der Waals surface area contributed by atoms with Crippen molar-refractivity contribution in [3.05, 3.63) is 35.9 Å². The lowest BCUT2D eigenvalue weighted by atomic mass is 10.1. The summed E-state index contributed by atoms with van der Waals surface area (Å²) in [5, 5.41) is 17.0. The van der Waals surface area contributed by atoms with Crippen molar-refractivity contribution in [2.24, 2.45) is 5.73 Å². The molecule has 33 heavy (non-hydrogen) atoms. The van der Waals surface area contributed by atoms with Gasteiger partial charge < -0.3 is 26.8 Å². The van der Waals surface area contributed by atoms with Gasteiger partial charge in [-0.15, -0.1) is 0 Å². The molecule has 0 aliphatic heterocycles. The van der Waals surface area contributed by atoms with Gasteiger partial charge in [-0.2, -0.15) is 23.5 Å². The summed E-state index contributed by atoms with van der Waals surface area (Å²) in [4.78, 5) is 49.2. The average molecular weight is 499 g/mol. The number of thioether (sulfide) groups is 2. The number of nitrogens with one attached hydrogen (secondary N) is 3. The molecule has 6 N–H and O–H groups in total. The van der Waals surface area contributed by atoms with Crippen molar-refractivity contribution in [2.45, 2.75) is 50.4 Å². The molecule has 0 spiro atoms. The summed E-state index contributed by atoms with van der Waals surface area (Å²) in [6.07, 6.45) is 4.69. The summed E-state index contributed by atoms with van der Waals surface area (Å²) in [6, 6.07) is 5.63. The third-order valence-electron chi connectivity index (χ3n) is 4.86. The number of carboxylic acids is 1. The fraction of sp³-hybridized carbons (Fsp3) is 0.545. The van der Waals surface area contributed by atoms with Gasteiger partial charge in [0.05, 0.1) is 6.04 Å². The molecule has 1 rings (SSSR count). The van der Waals surface area contributed by atoms with Gasteiger partial charge in [0.25, 0.3) is 0 Å². The zero-order chi connectivity index (χ0) is 24.8. The van der Waals surface area contributed by atoms with Crippen LogP contribution < -0.4 is 21.7 Å². The minimum Gasteiger partial charge on any atom is -0.480 e. The Labute approximate surface area is 203 Å². The molecule has 0 fully saturated rings. The largest absolute Gasteiger partial charge is 0.480 e. The summed E-state index contributed by atoms with van der Waals surface area (Å²) in [5.74, 6) is -1.53. The average Bonchev–Trinajstić information content (AvgIpc) is 2.79. The van der Waals surface area contributed by atoms with Crippen LogP contribution in [-0.2, 0) is 25.6 Å². The molecule has 1 aromatic carbocycles. The Morgan fingerprint density at radius 2 is 1.42 bits per heavy atom.